The summed E-state index contributed by atoms with van der Waals surface area (Å²) in [5.74, 6) is 0. The molecular formula is Cd2HgTe+3. The summed E-state index contributed by atoms with van der Waals surface area (Å²) in [4.78, 5) is 0. The SMILES string of the molecule is [Cd+2].[Cd+2].[Hg+].[Te-2]. The normalized spacial score (nSPS) is 0. The van der Waals surface area contributed by atoms with Crippen molar-refractivity contribution in [2.24, 2.45) is 0 Å². The molecule has 0 spiro atoms. The van der Waals surface area contributed by atoms with Crippen LogP contribution in [0.25, 0.3) is 0 Å². The Labute approximate surface area is 103 Å². The molecule has 0 bridgehead atoms. The van der Waals surface area contributed by atoms with Crippen LogP contribution < -0.4 is 0 Å². The molecule has 0 rings (SSSR count). The van der Waals surface area contributed by atoms with Crippen LogP contribution in [0, 0.1) is 0 Å². The molecule has 9 valence electrons. The zero-order valence-corrected chi connectivity index (χ0v) is 18.4. The summed E-state index contributed by atoms with van der Waals surface area (Å²) in [5.41, 5.74) is 0. The molecule has 4 heavy (non-hydrogen) atoms. The summed E-state index contributed by atoms with van der Waals surface area (Å²) in [6.07, 6.45) is 0. The molecule has 0 saturated carbocycles. The van der Waals surface area contributed by atoms with Gasteiger partial charge in [0, 0.05) is 0 Å². The van der Waals surface area contributed by atoms with Gasteiger partial charge >= 0.3 is 82.3 Å². The molecule has 0 N–H and O–H groups in total. The minimum Gasteiger partial charge on any atom is -2.00 e. The minimum absolute atomic E-state index is 0. The second kappa shape index (κ2) is 16.0. The molecule has 0 aliphatic rings. The topological polar surface area (TPSA) is 0 Å². The van der Waals surface area contributed by atoms with Gasteiger partial charge in [-0.3, -0.25) is 0 Å². The third kappa shape index (κ3) is 9.13. The molecule has 0 unspecified atom stereocenters. The Morgan fingerprint density at radius 3 is 0.750 bits per heavy atom. The second-order valence-corrected chi connectivity index (χ2v) is 0. The van der Waals surface area contributed by atoms with Crippen molar-refractivity contribution in [2.45, 2.75) is 0 Å². The fourth-order valence-electron chi connectivity index (χ4n) is 0. The molecule has 0 heterocycles. The minimum atomic E-state index is 0. The van der Waals surface area contributed by atoms with E-state index in [-0.39, 0.29) is 106 Å². The number of hydrogen-bond acceptors (Lipinski definition) is 0. The maximum absolute atomic E-state index is 0. The van der Waals surface area contributed by atoms with Gasteiger partial charge in [0.25, 0.3) is 0 Å². The summed E-state index contributed by atoms with van der Waals surface area (Å²) < 4.78 is 0. The molecule has 0 fully saturated rings. The Kier molecular flexibility index (Phi) is 103. The average molecular weight is 553 g/mol. The van der Waals surface area contributed by atoms with E-state index in [1.54, 1.807) is 0 Å². The van der Waals surface area contributed by atoms with Gasteiger partial charge in [-0.15, -0.1) is 0 Å². The predicted molar refractivity (Wildman–Crippen MR) is 5.75 cm³/mol. The van der Waals surface area contributed by atoms with Crippen LogP contribution in [0.15, 0.2) is 0 Å². The van der Waals surface area contributed by atoms with Gasteiger partial charge < -0.3 is 23.7 Å². The van der Waals surface area contributed by atoms with E-state index < -0.39 is 0 Å². The molecular weight excluding hydrogens is 553 g/mol. The molecule has 0 amide bonds. The monoisotopic (exact) mass is 560 g/mol. The van der Waals surface area contributed by atoms with Crippen molar-refractivity contribution in [1.29, 1.82) is 0 Å². The van der Waals surface area contributed by atoms with E-state index >= 15 is 0 Å². The number of hydrogen-bond donors (Lipinski definition) is 0. The van der Waals surface area contributed by atoms with Crippen molar-refractivity contribution in [1.82, 2.24) is 0 Å². The van der Waals surface area contributed by atoms with E-state index in [1.807, 2.05) is 0 Å². The van der Waals surface area contributed by atoms with Crippen molar-refractivity contribution in [3.63, 3.8) is 0 Å². The largest absolute Gasteiger partial charge is 2.00 e. The standard InChI is InChI=1S/2Cd.Hg.Te/q2*+2;+1;-2. The van der Waals surface area contributed by atoms with Gasteiger partial charge in [0.2, 0.25) is 0 Å². The van der Waals surface area contributed by atoms with Gasteiger partial charge in [0.05, 0.1) is 0 Å². The first-order valence-corrected chi connectivity index (χ1v) is 0. The molecule has 4 heteroatoms. The average Bonchev–Trinajstić information content (AvgIpc) is 0. The fourth-order valence-corrected chi connectivity index (χ4v) is 0. The Morgan fingerprint density at radius 1 is 0.750 bits per heavy atom. The Bertz CT molecular complexity index is 6.00. The van der Waals surface area contributed by atoms with Crippen molar-refractivity contribution in [3.8, 4) is 0 Å². The van der Waals surface area contributed by atoms with E-state index in [4.69, 9.17) is 0 Å². The molecule has 0 aromatic carbocycles. The van der Waals surface area contributed by atoms with Gasteiger partial charge in [0.1, 0.15) is 0 Å². The zero-order valence-electron chi connectivity index (χ0n) is 2.53. The van der Waals surface area contributed by atoms with Crippen molar-refractivity contribution in [3.05, 3.63) is 0 Å². The third-order valence-corrected chi connectivity index (χ3v) is 0. The molecule has 0 atom stereocenters. The van der Waals surface area contributed by atoms with Crippen molar-refractivity contribution < 1.29 is 82.3 Å². The van der Waals surface area contributed by atoms with Gasteiger partial charge in [0.15, 0.2) is 0 Å². The summed E-state index contributed by atoms with van der Waals surface area (Å²) in [6, 6.07) is 0. The van der Waals surface area contributed by atoms with E-state index in [0.717, 1.165) is 0 Å². The van der Waals surface area contributed by atoms with E-state index in [1.165, 1.54) is 0 Å². The van der Waals surface area contributed by atoms with Gasteiger partial charge in [-0.2, -0.15) is 0 Å². The fraction of sp³-hybridized carbons (Fsp3) is 0. The molecule has 0 aliphatic carbocycles. The van der Waals surface area contributed by atoms with Gasteiger partial charge in [-0.05, 0) is 0 Å². The predicted octanol–water partition coefficient (Wildman–Crippen LogP) is -0.388. The quantitative estimate of drug-likeness (QED) is 0.359. The van der Waals surface area contributed by atoms with Crippen LogP contribution in [-0.2, 0) is 82.3 Å². The van der Waals surface area contributed by atoms with Crippen LogP contribution in [0.1, 0.15) is 0 Å². The first-order chi connectivity index (χ1) is 0. The van der Waals surface area contributed by atoms with Crippen LogP contribution in [0.3, 0.4) is 0 Å². The maximum atomic E-state index is 0. The first kappa shape index (κ1) is 25.6. The van der Waals surface area contributed by atoms with Crippen molar-refractivity contribution >= 4 is 23.7 Å². The van der Waals surface area contributed by atoms with E-state index in [2.05, 4.69) is 0 Å². The first-order valence-electron chi connectivity index (χ1n) is 0. The Morgan fingerprint density at radius 2 is 0.750 bits per heavy atom. The van der Waals surface area contributed by atoms with Gasteiger partial charge in [-0.1, -0.05) is 0 Å². The van der Waals surface area contributed by atoms with E-state index in [9.17, 15) is 0 Å². The maximum Gasteiger partial charge on any atom is 2.00 e. The van der Waals surface area contributed by atoms with Crippen LogP contribution in [-0.4, -0.2) is 23.7 Å². The van der Waals surface area contributed by atoms with Crippen molar-refractivity contribution in [2.75, 3.05) is 0 Å². The third-order valence-electron chi connectivity index (χ3n) is 0. The Balaban J connectivity index is 0. The molecule has 0 aromatic heterocycles. The van der Waals surface area contributed by atoms with Crippen LogP contribution in [0.2, 0.25) is 0 Å². The smallest absolute Gasteiger partial charge is 2.00 e. The molecule has 1 radical (unpaired) electrons. The van der Waals surface area contributed by atoms with Crippen LogP contribution >= 0.6 is 0 Å². The zero-order chi connectivity index (χ0) is 0. The molecule has 0 nitrogen and oxygen atoms in total. The van der Waals surface area contributed by atoms with E-state index in [0.29, 0.717) is 0 Å². The molecule has 0 aromatic rings. The summed E-state index contributed by atoms with van der Waals surface area (Å²) >= 11 is 0. The van der Waals surface area contributed by atoms with Crippen LogP contribution in [0.4, 0.5) is 0 Å². The molecule has 0 aliphatic heterocycles. The summed E-state index contributed by atoms with van der Waals surface area (Å²) in [7, 11) is 0. The Hall–Kier alpha value is 3.57. The molecule has 0 saturated heterocycles. The van der Waals surface area contributed by atoms with Gasteiger partial charge in [-0.25, -0.2) is 0 Å². The summed E-state index contributed by atoms with van der Waals surface area (Å²) in [6.45, 7) is 0. The summed E-state index contributed by atoms with van der Waals surface area (Å²) in [5, 5.41) is 0. The second-order valence-electron chi connectivity index (χ2n) is 0. The number of rotatable bonds is 0. The van der Waals surface area contributed by atoms with Crippen LogP contribution in [0.5, 0.6) is 0 Å².